The van der Waals surface area contributed by atoms with Gasteiger partial charge in [-0.05, 0) is 42.8 Å². The highest BCUT2D eigenvalue weighted by Gasteiger charge is 2.25. The Morgan fingerprint density at radius 1 is 0.967 bits per heavy atom. The zero-order valence-electron chi connectivity index (χ0n) is 17.4. The lowest BCUT2D eigenvalue weighted by atomic mass is 10.1. The first-order valence-corrected chi connectivity index (χ1v) is 10.5. The smallest absolute Gasteiger partial charge is 0.317 e. The molecule has 7 nitrogen and oxygen atoms in total. The van der Waals surface area contributed by atoms with Crippen molar-refractivity contribution in [3.63, 3.8) is 0 Å². The number of halogens is 1. The van der Waals surface area contributed by atoms with Gasteiger partial charge in [0.05, 0.1) is 14.2 Å². The van der Waals surface area contributed by atoms with Crippen LogP contribution in [-0.4, -0.2) is 62.1 Å². The summed E-state index contributed by atoms with van der Waals surface area (Å²) in [6.45, 7) is 4.25. The monoisotopic (exact) mass is 475 g/mol. The number of nitrogens with one attached hydrogen (secondary N) is 1. The standard InChI is InChI=1S/C22H26BrN3O4/c1-15-4-5-16(13-20(15)30-3)21(27)25-8-10-26(11-9-25)22(28)24-14-17-12-18(23)6-7-19(17)29-2/h4-7,12-13H,8-11,14H2,1-3H3,(H,24,28). The van der Waals surface area contributed by atoms with Crippen molar-refractivity contribution in [2.75, 3.05) is 40.4 Å². The van der Waals surface area contributed by atoms with Gasteiger partial charge in [0.25, 0.3) is 5.91 Å². The van der Waals surface area contributed by atoms with Gasteiger partial charge in [0.1, 0.15) is 11.5 Å². The van der Waals surface area contributed by atoms with Crippen LogP contribution in [0.1, 0.15) is 21.5 Å². The van der Waals surface area contributed by atoms with Crippen LogP contribution >= 0.6 is 15.9 Å². The fourth-order valence-electron chi connectivity index (χ4n) is 3.42. The van der Waals surface area contributed by atoms with Crippen molar-refractivity contribution in [2.24, 2.45) is 0 Å². The highest BCUT2D eigenvalue weighted by molar-refractivity contribution is 9.10. The van der Waals surface area contributed by atoms with Crippen LogP contribution in [0.4, 0.5) is 4.79 Å². The van der Waals surface area contributed by atoms with E-state index in [1.807, 2.05) is 37.3 Å². The Morgan fingerprint density at radius 2 is 1.63 bits per heavy atom. The molecule has 2 aromatic carbocycles. The first-order valence-electron chi connectivity index (χ1n) is 9.72. The third-order valence-electron chi connectivity index (χ3n) is 5.18. The number of hydrogen-bond acceptors (Lipinski definition) is 4. The molecule has 0 unspecified atom stereocenters. The second-order valence-corrected chi connectivity index (χ2v) is 7.99. The number of nitrogens with zero attached hydrogens (tertiary/aromatic N) is 2. The molecule has 1 aliphatic rings. The van der Waals surface area contributed by atoms with Crippen LogP contribution in [0.2, 0.25) is 0 Å². The number of amides is 3. The fourth-order valence-corrected chi connectivity index (χ4v) is 3.82. The Hall–Kier alpha value is -2.74. The summed E-state index contributed by atoms with van der Waals surface area (Å²) in [4.78, 5) is 28.9. The fraction of sp³-hybridized carbons (Fsp3) is 0.364. The number of urea groups is 1. The summed E-state index contributed by atoms with van der Waals surface area (Å²) >= 11 is 3.44. The number of carbonyl (C=O) groups excluding carboxylic acids is 2. The number of aryl methyl sites for hydroxylation is 1. The first kappa shape index (κ1) is 22.0. The molecule has 0 atom stereocenters. The summed E-state index contributed by atoms with van der Waals surface area (Å²) in [5.41, 5.74) is 2.47. The molecule has 1 saturated heterocycles. The second kappa shape index (κ2) is 9.84. The predicted molar refractivity (Wildman–Crippen MR) is 118 cm³/mol. The molecule has 1 N–H and O–H groups in total. The maximum Gasteiger partial charge on any atom is 0.317 e. The zero-order chi connectivity index (χ0) is 21.7. The van der Waals surface area contributed by atoms with E-state index in [4.69, 9.17) is 9.47 Å². The Balaban J connectivity index is 1.54. The molecule has 8 heteroatoms. The molecule has 0 aliphatic carbocycles. The third-order valence-corrected chi connectivity index (χ3v) is 5.67. The van der Waals surface area contributed by atoms with E-state index in [1.165, 1.54) is 0 Å². The van der Waals surface area contributed by atoms with Gasteiger partial charge in [-0.3, -0.25) is 4.79 Å². The first-order chi connectivity index (χ1) is 14.4. The molecule has 1 aliphatic heterocycles. The van der Waals surface area contributed by atoms with Gasteiger partial charge in [0.2, 0.25) is 0 Å². The van der Waals surface area contributed by atoms with Crippen molar-refractivity contribution in [3.05, 3.63) is 57.6 Å². The molecule has 160 valence electrons. The van der Waals surface area contributed by atoms with Crippen molar-refractivity contribution in [1.29, 1.82) is 0 Å². The quantitative estimate of drug-likeness (QED) is 0.718. The highest BCUT2D eigenvalue weighted by Crippen LogP contribution is 2.23. The minimum atomic E-state index is -0.152. The van der Waals surface area contributed by atoms with Crippen molar-refractivity contribution in [3.8, 4) is 11.5 Å². The van der Waals surface area contributed by atoms with Crippen LogP contribution in [0.3, 0.4) is 0 Å². The molecule has 1 heterocycles. The SMILES string of the molecule is COc1cc(C(=O)N2CCN(C(=O)NCc3cc(Br)ccc3OC)CC2)ccc1C. The van der Waals surface area contributed by atoms with E-state index < -0.39 is 0 Å². The van der Waals surface area contributed by atoms with Gasteiger partial charge in [-0.1, -0.05) is 22.0 Å². The summed E-state index contributed by atoms with van der Waals surface area (Å²) in [5, 5.41) is 2.93. The minimum absolute atomic E-state index is 0.0489. The molecule has 3 amide bonds. The highest BCUT2D eigenvalue weighted by atomic mass is 79.9. The number of ether oxygens (including phenoxy) is 2. The average Bonchev–Trinajstić information content (AvgIpc) is 2.77. The molecule has 3 rings (SSSR count). The van der Waals surface area contributed by atoms with Crippen LogP contribution in [0.25, 0.3) is 0 Å². The molecule has 0 bridgehead atoms. The lowest BCUT2D eigenvalue weighted by Crippen LogP contribution is -2.53. The van der Waals surface area contributed by atoms with Gasteiger partial charge in [0, 0.05) is 48.3 Å². The maximum absolute atomic E-state index is 12.8. The van der Waals surface area contributed by atoms with Gasteiger partial charge < -0.3 is 24.6 Å². The number of piperazine rings is 1. The van der Waals surface area contributed by atoms with Crippen molar-refractivity contribution in [1.82, 2.24) is 15.1 Å². The van der Waals surface area contributed by atoms with Crippen molar-refractivity contribution in [2.45, 2.75) is 13.5 Å². The Kier molecular flexibility index (Phi) is 7.20. The van der Waals surface area contributed by atoms with E-state index in [0.717, 1.165) is 21.3 Å². The van der Waals surface area contributed by atoms with Gasteiger partial charge in [-0.15, -0.1) is 0 Å². The molecule has 2 aromatic rings. The summed E-state index contributed by atoms with van der Waals surface area (Å²) in [7, 11) is 3.20. The van der Waals surface area contributed by atoms with E-state index in [0.29, 0.717) is 44.0 Å². The van der Waals surface area contributed by atoms with E-state index in [2.05, 4.69) is 21.2 Å². The van der Waals surface area contributed by atoms with Crippen molar-refractivity contribution >= 4 is 27.9 Å². The predicted octanol–water partition coefficient (Wildman–Crippen LogP) is 3.44. The molecule has 0 aromatic heterocycles. The second-order valence-electron chi connectivity index (χ2n) is 7.08. The van der Waals surface area contributed by atoms with E-state index in [-0.39, 0.29) is 11.9 Å². The van der Waals surface area contributed by atoms with E-state index in [1.54, 1.807) is 30.1 Å². The van der Waals surface area contributed by atoms with Crippen LogP contribution < -0.4 is 14.8 Å². The molecular formula is C22H26BrN3O4. The number of hydrogen-bond donors (Lipinski definition) is 1. The van der Waals surface area contributed by atoms with E-state index >= 15 is 0 Å². The summed E-state index contributed by atoms with van der Waals surface area (Å²) in [5.74, 6) is 1.37. The Bertz CT molecular complexity index is 927. The van der Waals surface area contributed by atoms with Gasteiger partial charge >= 0.3 is 6.03 Å². The van der Waals surface area contributed by atoms with Crippen molar-refractivity contribution < 1.29 is 19.1 Å². The van der Waals surface area contributed by atoms with Gasteiger partial charge in [-0.2, -0.15) is 0 Å². The zero-order valence-corrected chi connectivity index (χ0v) is 19.0. The summed E-state index contributed by atoms with van der Waals surface area (Å²) in [6.07, 6.45) is 0. The van der Waals surface area contributed by atoms with Crippen LogP contribution in [-0.2, 0) is 6.54 Å². The van der Waals surface area contributed by atoms with Gasteiger partial charge in [0.15, 0.2) is 0 Å². The molecule has 0 radical (unpaired) electrons. The largest absolute Gasteiger partial charge is 0.496 e. The maximum atomic E-state index is 12.8. The molecule has 0 saturated carbocycles. The number of methoxy groups -OCH3 is 2. The third kappa shape index (κ3) is 5.05. The summed E-state index contributed by atoms with van der Waals surface area (Å²) < 4.78 is 11.6. The molecule has 0 spiro atoms. The molecular weight excluding hydrogens is 450 g/mol. The number of rotatable bonds is 5. The number of benzene rings is 2. The Morgan fingerprint density at radius 3 is 2.30 bits per heavy atom. The number of carbonyl (C=O) groups is 2. The molecule has 30 heavy (non-hydrogen) atoms. The minimum Gasteiger partial charge on any atom is -0.496 e. The van der Waals surface area contributed by atoms with Crippen LogP contribution in [0, 0.1) is 6.92 Å². The normalized spacial score (nSPS) is 13.7. The summed E-state index contributed by atoms with van der Waals surface area (Å²) in [6, 6.07) is 11.0. The van der Waals surface area contributed by atoms with Gasteiger partial charge in [-0.25, -0.2) is 4.79 Å². The molecule has 1 fully saturated rings. The van der Waals surface area contributed by atoms with E-state index in [9.17, 15) is 9.59 Å². The lowest BCUT2D eigenvalue weighted by molar-refractivity contribution is 0.0664. The van der Waals surface area contributed by atoms with Crippen LogP contribution in [0.15, 0.2) is 40.9 Å². The van der Waals surface area contributed by atoms with Crippen LogP contribution in [0.5, 0.6) is 11.5 Å². The Labute approximate surface area is 185 Å². The average molecular weight is 476 g/mol. The lowest BCUT2D eigenvalue weighted by Gasteiger charge is -2.34. The topological polar surface area (TPSA) is 71.1 Å².